The number of rotatable bonds is 13. The third-order valence-corrected chi connectivity index (χ3v) is 8.87. The Morgan fingerprint density at radius 2 is 1.29 bits per heavy atom. The van der Waals surface area contributed by atoms with E-state index in [1.165, 1.54) is 0 Å². The molecule has 0 unspecified atom stereocenters. The van der Waals surface area contributed by atoms with E-state index in [0.29, 0.717) is 13.1 Å². The van der Waals surface area contributed by atoms with Crippen LogP contribution in [0.1, 0.15) is 25.5 Å². The molecule has 0 amide bonds. The molecule has 9 nitrogen and oxygen atoms in total. The summed E-state index contributed by atoms with van der Waals surface area (Å²) in [4.78, 5) is 2.47. The maximum Gasteiger partial charge on any atom is 0.240 e. The average molecular weight is 520 g/mol. The number of hydrogen-bond donors (Lipinski definition) is 2. The van der Waals surface area contributed by atoms with Gasteiger partial charge in [-0.2, -0.15) is 5.10 Å². The standard InChI is InChI=1S/C24H33N5O4S2/c1-20-18-25-29(19-20)22(3)21(2)28(16-14-26-34(30,31)23-10-6-4-7-11-23)17-15-27-35(32,33)24-12-8-5-9-13-24/h4-13,18-19,21-22,26-27H,14-17H2,1-3H3/t21-,22+/m0/s1. The Morgan fingerprint density at radius 3 is 1.69 bits per heavy atom. The van der Waals surface area contributed by atoms with Crippen molar-refractivity contribution < 1.29 is 16.8 Å². The van der Waals surface area contributed by atoms with Crippen LogP contribution in [0.5, 0.6) is 0 Å². The maximum absolute atomic E-state index is 12.6. The molecule has 35 heavy (non-hydrogen) atoms. The van der Waals surface area contributed by atoms with Gasteiger partial charge in [0.1, 0.15) is 0 Å². The molecule has 0 spiro atoms. The Balaban J connectivity index is 1.67. The predicted molar refractivity (Wildman–Crippen MR) is 136 cm³/mol. The van der Waals surface area contributed by atoms with Crippen LogP contribution in [0.25, 0.3) is 0 Å². The van der Waals surface area contributed by atoms with Gasteiger partial charge in [-0.15, -0.1) is 0 Å². The normalized spacial score (nSPS) is 14.2. The molecular weight excluding hydrogens is 486 g/mol. The van der Waals surface area contributed by atoms with Crippen LogP contribution in [-0.2, 0) is 20.0 Å². The summed E-state index contributed by atoms with van der Waals surface area (Å²) in [5.41, 5.74) is 1.04. The zero-order valence-electron chi connectivity index (χ0n) is 20.2. The largest absolute Gasteiger partial charge is 0.296 e. The second kappa shape index (κ2) is 11.9. The number of benzene rings is 2. The van der Waals surface area contributed by atoms with E-state index in [1.54, 1.807) is 66.9 Å². The van der Waals surface area contributed by atoms with Crippen molar-refractivity contribution in [2.24, 2.45) is 0 Å². The molecule has 0 aliphatic rings. The molecule has 0 saturated carbocycles. The van der Waals surface area contributed by atoms with Crippen molar-refractivity contribution in [2.75, 3.05) is 26.2 Å². The summed E-state index contributed by atoms with van der Waals surface area (Å²) in [5.74, 6) is 0. The fourth-order valence-corrected chi connectivity index (χ4v) is 5.80. The smallest absolute Gasteiger partial charge is 0.240 e. The molecule has 2 aromatic carbocycles. The first kappa shape index (κ1) is 27.0. The molecule has 3 rings (SSSR count). The Kier molecular flexibility index (Phi) is 9.20. The van der Waals surface area contributed by atoms with E-state index in [-0.39, 0.29) is 35.0 Å². The Hall–Kier alpha value is -2.57. The van der Waals surface area contributed by atoms with Crippen LogP contribution in [0.2, 0.25) is 0 Å². The fourth-order valence-electron chi connectivity index (χ4n) is 3.71. The van der Waals surface area contributed by atoms with Crippen LogP contribution in [0.3, 0.4) is 0 Å². The molecule has 11 heteroatoms. The zero-order valence-corrected chi connectivity index (χ0v) is 21.8. The second-order valence-electron chi connectivity index (χ2n) is 8.44. The maximum atomic E-state index is 12.6. The third-order valence-electron chi connectivity index (χ3n) is 5.91. The fraction of sp³-hybridized carbons (Fsp3) is 0.375. The minimum Gasteiger partial charge on any atom is -0.296 e. The molecule has 0 saturated heterocycles. The Bertz CT molecular complexity index is 1200. The third kappa shape index (κ3) is 7.45. The van der Waals surface area contributed by atoms with E-state index in [4.69, 9.17) is 0 Å². The molecule has 1 heterocycles. The predicted octanol–water partition coefficient (Wildman–Crippen LogP) is 2.40. The van der Waals surface area contributed by atoms with Gasteiger partial charge in [0.15, 0.2) is 0 Å². The van der Waals surface area contributed by atoms with Crippen molar-refractivity contribution in [3.63, 3.8) is 0 Å². The van der Waals surface area contributed by atoms with Gasteiger partial charge in [0.05, 0.1) is 22.0 Å². The van der Waals surface area contributed by atoms with Gasteiger partial charge in [0.2, 0.25) is 20.0 Å². The molecule has 2 N–H and O–H groups in total. The summed E-state index contributed by atoms with van der Waals surface area (Å²) < 4.78 is 57.6. The summed E-state index contributed by atoms with van der Waals surface area (Å²) in [5, 5.41) is 4.40. The summed E-state index contributed by atoms with van der Waals surface area (Å²) in [6.07, 6.45) is 3.74. The van der Waals surface area contributed by atoms with Crippen LogP contribution < -0.4 is 9.44 Å². The topological polar surface area (TPSA) is 113 Å². The molecule has 0 radical (unpaired) electrons. The first-order valence-corrected chi connectivity index (χ1v) is 14.4. The highest BCUT2D eigenvalue weighted by Gasteiger charge is 2.23. The minimum atomic E-state index is -3.64. The van der Waals surface area contributed by atoms with E-state index in [0.717, 1.165) is 5.56 Å². The van der Waals surface area contributed by atoms with Crippen molar-refractivity contribution in [1.29, 1.82) is 0 Å². The number of hydrogen-bond acceptors (Lipinski definition) is 6. The van der Waals surface area contributed by atoms with E-state index < -0.39 is 20.0 Å². The van der Waals surface area contributed by atoms with E-state index in [9.17, 15) is 16.8 Å². The van der Waals surface area contributed by atoms with Gasteiger partial charge in [0.25, 0.3) is 0 Å². The van der Waals surface area contributed by atoms with Gasteiger partial charge in [0, 0.05) is 38.4 Å². The van der Waals surface area contributed by atoms with Crippen molar-refractivity contribution in [2.45, 2.75) is 42.6 Å². The van der Waals surface area contributed by atoms with Gasteiger partial charge >= 0.3 is 0 Å². The molecule has 190 valence electrons. The summed E-state index contributed by atoms with van der Waals surface area (Å²) in [6, 6.07) is 16.3. The van der Waals surface area contributed by atoms with Crippen molar-refractivity contribution >= 4 is 20.0 Å². The zero-order chi connectivity index (χ0) is 25.5. The molecule has 3 aromatic rings. The molecule has 2 atom stereocenters. The van der Waals surface area contributed by atoms with Crippen molar-refractivity contribution in [1.82, 2.24) is 24.1 Å². The number of aryl methyl sites for hydroxylation is 1. The summed E-state index contributed by atoms with van der Waals surface area (Å²) in [6.45, 7) is 7.17. The molecule has 1 aromatic heterocycles. The van der Waals surface area contributed by atoms with Gasteiger partial charge in [-0.05, 0) is 50.6 Å². The van der Waals surface area contributed by atoms with E-state index in [2.05, 4.69) is 19.4 Å². The first-order valence-electron chi connectivity index (χ1n) is 11.4. The van der Waals surface area contributed by atoms with E-state index >= 15 is 0 Å². The SMILES string of the molecule is Cc1cnn([C@H](C)[C@H](C)N(CCNS(=O)(=O)c2ccccc2)CCNS(=O)(=O)c2ccccc2)c1. The number of nitrogens with zero attached hydrogens (tertiary/aromatic N) is 3. The highest BCUT2D eigenvalue weighted by Crippen LogP contribution is 2.17. The molecule has 0 aliphatic heterocycles. The molecule has 0 bridgehead atoms. The van der Waals surface area contributed by atoms with Crippen LogP contribution in [0.15, 0.2) is 82.8 Å². The number of nitrogens with one attached hydrogen (secondary N) is 2. The lowest BCUT2D eigenvalue weighted by Crippen LogP contribution is -2.46. The van der Waals surface area contributed by atoms with Crippen LogP contribution >= 0.6 is 0 Å². The molecule has 0 fully saturated rings. The molecular formula is C24H33N5O4S2. The highest BCUT2D eigenvalue weighted by molar-refractivity contribution is 7.89. The Labute approximate surface area is 208 Å². The first-order chi connectivity index (χ1) is 16.6. The lowest BCUT2D eigenvalue weighted by atomic mass is 10.1. The summed E-state index contributed by atoms with van der Waals surface area (Å²) >= 11 is 0. The van der Waals surface area contributed by atoms with Gasteiger partial charge in [-0.25, -0.2) is 26.3 Å². The van der Waals surface area contributed by atoms with Gasteiger partial charge in [-0.1, -0.05) is 36.4 Å². The van der Waals surface area contributed by atoms with Crippen LogP contribution in [0.4, 0.5) is 0 Å². The van der Waals surface area contributed by atoms with Gasteiger partial charge in [-0.3, -0.25) is 9.58 Å². The monoisotopic (exact) mass is 519 g/mol. The summed E-state index contributed by atoms with van der Waals surface area (Å²) in [7, 11) is -7.27. The van der Waals surface area contributed by atoms with Crippen LogP contribution in [0, 0.1) is 6.92 Å². The van der Waals surface area contributed by atoms with E-state index in [1.807, 2.05) is 31.6 Å². The van der Waals surface area contributed by atoms with Crippen molar-refractivity contribution in [3.05, 3.63) is 78.6 Å². The second-order valence-corrected chi connectivity index (χ2v) is 12.0. The number of sulfonamides is 2. The lowest BCUT2D eigenvalue weighted by molar-refractivity contribution is 0.163. The molecule has 0 aliphatic carbocycles. The minimum absolute atomic E-state index is 0.0137. The van der Waals surface area contributed by atoms with Gasteiger partial charge < -0.3 is 0 Å². The lowest BCUT2D eigenvalue weighted by Gasteiger charge is -2.33. The highest BCUT2D eigenvalue weighted by atomic mass is 32.2. The number of aromatic nitrogens is 2. The van der Waals surface area contributed by atoms with Crippen molar-refractivity contribution in [3.8, 4) is 0 Å². The quantitative estimate of drug-likeness (QED) is 0.359. The Morgan fingerprint density at radius 1 is 0.829 bits per heavy atom. The van der Waals surface area contributed by atoms with Crippen LogP contribution in [-0.4, -0.2) is 63.7 Å². The average Bonchev–Trinajstić information content (AvgIpc) is 3.29.